The number of ether oxygens (including phenoxy) is 1. The molecule has 1 aliphatic heterocycles. The second kappa shape index (κ2) is 12.4. The van der Waals surface area contributed by atoms with E-state index in [-0.39, 0.29) is 23.7 Å². The maximum absolute atomic E-state index is 15.0. The summed E-state index contributed by atoms with van der Waals surface area (Å²) < 4.78 is 10.00. The molecule has 1 aromatic heterocycles. The zero-order valence-electron chi connectivity index (χ0n) is 29.3. The Kier molecular flexibility index (Phi) is 8.82. The monoisotopic (exact) mass is 663 g/mol. The van der Waals surface area contributed by atoms with Crippen LogP contribution in [0.3, 0.4) is 0 Å². The first-order chi connectivity index (χ1) is 22.8. The van der Waals surface area contributed by atoms with Crippen molar-refractivity contribution in [3.63, 3.8) is 0 Å². The van der Waals surface area contributed by atoms with E-state index in [2.05, 4.69) is 44.9 Å². The molecule has 2 aromatic rings. The van der Waals surface area contributed by atoms with Crippen molar-refractivity contribution in [3.05, 3.63) is 51.3 Å². The van der Waals surface area contributed by atoms with E-state index in [0.29, 0.717) is 36.3 Å². The van der Waals surface area contributed by atoms with Crippen LogP contribution in [-0.4, -0.2) is 48.8 Å². The molecule has 0 spiro atoms. The predicted molar refractivity (Wildman–Crippen MR) is 183 cm³/mol. The van der Waals surface area contributed by atoms with Gasteiger partial charge in [0.1, 0.15) is 17.2 Å². The zero-order valence-corrected chi connectivity index (χ0v) is 29.3. The highest BCUT2D eigenvalue weighted by molar-refractivity contribution is 5.75. The van der Waals surface area contributed by atoms with E-state index >= 15 is 4.79 Å². The molecule has 0 unspecified atom stereocenters. The molecule has 6 rings (SSSR count). The molecule has 0 saturated heterocycles. The Morgan fingerprint density at radius 3 is 2.27 bits per heavy atom. The number of fused-ring (bicyclic) bond motifs is 8. The molecule has 11 heteroatoms. The van der Waals surface area contributed by atoms with Gasteiger partial charge in [-0.1, -0.05) is 82.4 Å². The van der Waals surface area contributed by atoms with Crippen LogP contribution in [0.25, 0.3) is 5.69 Å². The number of nitrogens with zero attached hydrogens (tertiary/aromatic N) is 5. The van der Waals surface area contributed by atoms with Gasteiger partial charge in [0.25, 0.3) is 0 Å². The van der Waals surface area contributed by atoms with Crippen LogP contribution in [0, 0.1) is 40.4 Å². The van der Waals surface area contributed by atoms with Crippen molar-refractivity contribution in [1.29, 1.82) is 0 Å². The lowest BCUT2D eigenvalue weighted by Gasteiger charge is -2.67. The van der Waals surface area contributed by atoms with Crippen LogP contribution in [0.1, 0.15) is 106 Å². The molecule has 1 aromatic carbocycles. The summed E-state index contributed by atoms with van der Waals surface area (Å²) in [5.74, 6) is 0.752. The highest BCUT2D eigenvalue weighted by atomic mass is 16.5. The third kappa shape index (κ3) is 4.76. The van der Waals surface area contributed by atoms with Crippen LogP contribution >= 0.6 is 0 Å². The molecule has 9 atom stereocenters. The van der Waals surface area contributed by atoms with Crippen molar-refractivity contribution >= 4 is 18.4 Å². The first-order valence-electron chi connectivity index (χ1n) is 17.9. The minimum atomic E-state index is -1.32. The van der Waals surface area contributed by atoms with Crippen LogP contribution < -0.4 is 11.4 Å². The zero-order chi connectivity index (χ0) is 34.6. The van der Waals surface area contributed by atoms with Crippen molar-refractivity contribution in [1.82, 2.24) is 13.9 Å². The number of benzene rings is 1. The Hall–Kier alpha value is -3.63. The second-order valence-corrected chi connectivity index (χ2v) is 16.2. The number of hydrogen-bond acceptors (Lipinski definition) is 8. The topological polar surface area (TPSA) is 140 Å². The minimum absolute atomic E-state index is 0.0979. The molecular formula is C37H53N5O6. The van der Waals surface area contributed by atoms with Crippen LogP contribution in [-0.2, 0) is 20.6 Å². The number of carbonyl (C=O) groups is 1. The Labute approximate surface area is 282 Å². The van der Waals surface area contributed by atoms with Gasteiger partial charge in [0, 0.05) is 18.8 Å². The number of aromatic nitrogens is 3. The van der Waals surface area contributed by atoms with Crippen LogP contribution in [0.15, 0.2) is 50.2 Å². The Bertz CT molecular complexity index is 1690. The van der Waals surface area contributed by atoms with Crippen molar-refractivity contribution in [3.8, 4) is 5.69 Å². The number of hydrogen-bond donors (Lipinski definition) is 2. The molecule has 0 amide bonds. The molecule has 4 aliphatic rings. The van der Waals surface area contributed by atoms with Gasteiger partial charge in [-0.15, -0.1) is 0 Å². The summed E-state index contributed by atoms with van der Waals surface area (Å²) in [5, 5.41) is 28.1. The summed E-state index contributed by atoms with van der Waals surface area (Å²) in [6.07, 6.45) is 10.6. The average Bonchev–Trinajstić information content (AvgIpc) is 3.52. The lowest BCUT2D eigenvalue weighted by molar-refractivity contribution is -0.181. The molecule has 48 heavy (non-hydrogen) atoms. The molecule has 3 saturated carbocycles. The van der Waals surface area contributed by atoms with Crippen molar-refractivity contribution in [2.75, 3.05) is 0 Å². The first-order valence-corrected chi connectivity index (χ1v) is 17.9. The van der Waals surface area contributed by atoms with E-state index in [1.54, 1.807) is 35.2 Å². The average molecular weight is 664 g/mol. The SMILES string of the molecule is CC(=O)O[C@@H]1CC[C@]2(C)[C@@H]3CC[C@]4(C)[C@H]([C@H](C)CCCC(C)C)CC[C@@H]4[C@]3(C=NO)n3c(=O)n(-c4ccccc4)c(=O)n3[C@@]2(C=NO)C1. The summed E-state index contributed by atoms with van der Waals surface area (Å²) in [6.45, 7) is 12.7. The molecule has 2 heterocycles. The van der Waals surface area contributed by atoms with Crippen molar-refractivity contribution < 1.29 is 19.9 Å². The quantitative estimate of drug-likeness (QED) is 0.143. The molecule has 2 N–H and O–H groups in total. The summed E-state index contributed by atoms with van der Waals surface area (Å²) in [7, 11) is 0. The summed E-state index contributed by atoms with van der Waals surface area (Å²) in [5.41, 5.74) is -4.06. The van der Waals surface area contributed by atoms with Gasteiger partial charge in [0.15, 0.2) is 0 Å². The van der Waals surface area contributed by atoms with E-state index in [9.17, 15) is 20.0 Å². The van der Waals surface area contributed by atoms with Crippen LogP contribution in [0.4, 0.5) is 0 Å². The van der Waals surface area contributed by atoms with Gasteiger partial charge >= 0.3 is 17.3 Å². The van der Waals surface area contributed by atoms with Gasteiger partial charge in [0.05, 0.1) is 18.1 Å². The summed E-state index contributed by atoms with van der Waals surface area (Å²) >= 11 is 0. The lowest BCUT2D eigenvalue weighted by Crippen LogP contribution is -2.76. The maximum atomic E-state index is 15.0. The smallest absolute Gasteiger partial charge is 0.352 e. The van der Waals surface area contributed by atoms with Crippen LogP contribution in [0.5, 0.6) is 0 Å². The fourth-order valence-corrected chi connectivity index (χ4v) is 11.5. The predicted octanol–water partition coefficient (Wildman–Crippen LogP) is 6.15. The number of esters is 1. The Morgan fingerprint density at radius 1 is 0.938 bits per heavy atom. The third-order valence-corrected chi connectivity index (χ3v) is 13.5. The standard InChI is InChI=1S/C37H53N5O6/c1-24(2)11-10-12-25(3)29-15-16-30-34(29,5)19-18-31-35(6)20-17-28(48-26(4)43)21-36(35,22-38-46)41-32(44)40(27-13-8-7-9-14-27)33(45)42(41)37(30,31)23-39-47/h7-9,13-14,22-25,28-31,46-47H,10-12,15-21H2,1-6H3/t25-,28-,29+,30+,31+,34-,35-,36-,37+/m1/s1. The third-order valence-electron chi connectivity index (χ3n) is 13.5. The normalized spacial score (nSPS) is 36.5. The van der Waals surface area contributed by atoms with Gasteiger partial charge in [0.2, 0.25) is 0 Å². The fraction of sp³-hybridized carbons (Fsp3) is 0.703. The maximum Gasteiger partial charge on any atom is 0.352 e. The van der Waals surface area contributed by atoms with E-state index in [0.717, 1.165) is 32.1 Å². The fourth-order valence-electron chi connectivity index (χ4n) is 11.5. The van der Waals surface area contributed by atoms with E-state index in [1.807, 2.05) is 6.07 Å². The van der Waals surface area contributed by atoms with Gasteiger partial charge < -0.3 is 15.2 Å². The van der Waals surface area contributed by atoms with E-state index in [4.69, 9.17) is 4.74 Å². The largest absolute Gasteiger partial charge is 0.462 e. The summed E-state index contributed by atoms with van der Waals surface area (Å²) in [6, 6.07) is 8.84. The van der Waals surface area contributed by atoms with Crippen molar-refractivity contribution in [2.45, 2.75) is 123 Å². The second-order valence-electron chi connectivity index (χ2n) is 16.2. The lowest BCUT2D eigenvalue weighted by atomic mass is 9.43. The minimum Gasteiger partial charge on any atom is -0.462 e. The highest BCUT2D eigenvalue weighted by Crippen LogP contribution is 2.71. The van der Waals surface area contributed by atoms with Crippen molar-refractivity contribution in [2.24, 2.45) is 50.7 Å². The van der Waals surface area contributed by atoms with E-state index in [1.165, 1.54) is 35.2 Å². The van der Waals surface area contributed by atoms with Crippen LogP contribution in [0.2, 0.25) is 0 Å². The molecule has 11 nitrogen and oxygen atoms in total. The molecule has 262 valence electrons. The van der Waals surface area contributed by atoms with Gasteiger partial charge in [-0.05, 0) is 85.7 Å². The van der Waals surface area contributed by atoms with Gasteiger partial charge in [-0.3, -0.25) is 4.79 Å². The highest BCUT2D eigenvalue weighted by Gasteiger charge is 2.74. The Balaban J connectivity index is 1.63. The molecule has 3 fully saturated rings. The number of oxime groups is 2. The molecular weight excluding hydrogens is 610 g/mol. The number of rotatable bonds is 9. The van der Waals surface area contributed by atoms with Gasteiger partial charge in [-0.25, -0.2) is 23.5 Å². The molecule has 3 aliphatic carbocycles. The first kappa shape index (κ1) is 34.2. The number of carbonyl (C=O) groups excluding carboxylic acids is 1. The molecule has 0 bridgehead atoms. The summed E-state index contributed by atoms with van der Waals surface area (Å²) in [4.78, 5) is 42.2. The molecule has 0 radical (unpaired) electrons. The Morgan fingerprint density at radius 2 is 1.62 bits per heavy atom. The number of para-hydroxylation sites is 1. The van der Waals surface area contributed by atoms with E-state index < -0.39 is 39.9 Å². The van der Waals surface area contributed by atoms with Gasteiger partial charge in [-0.2, -0.15) is 0 Å².